The summed E-state index contributed by atoms with van der Waals surface area (Å²) in [6.07, 6.45) is 0.827. The fourth-order valence-corrected chi connectivity index (χ4v) is 10.3. The zero-order chi connectivity index (χ0) is 26.3. The summed E-state index contributed by atoms with van der Waals surface area (Å²) in [6, 6.07) is 14.2. The molecule has 0 radical (unpaired) electrons. The van der Waals surface area contributed by atoms with E-state index in [9.17, 15) is 19.2 Å². The highest BCUT2D eigenvalue weighted by molar-refractivity contribution is 8.00. The smallest absolute Gasteiger partial charge is 0.338 e. The minimum Gasteiger partial charge on any atom is -0.462 e. The van der Waals surface area contributed by atoms with E-state index in [1.165, 1.54) is 16.2 Å². The van der Waals surface area contributed by atoms with Gasteiger partial charge in [0.1, 0.15) is 0 Å². The maximum absolute atomic E-state index is 13.9. The van der Waals surface area contributed by atoms with E-state index in [2.05, 4.69) is 4.98 Å². The first-order valence-corrected chi connectivity index (χ1v) is 14.7. The second kappa shape index (κ2) is 8.83. The number of nitrogens with one attached hydrogen (secondary N) is 1. The molecule has 2 aliphatic heterocycles. The Balaban J connectivity index is 1.25. The molecule has 2 saturated carbocycles. The topological polar surface area (TPSA) is 96.5 Å². The Morgan fingerprint density at radius 3 is 2.39 bits per heavy atom. The van der Waals surface area contributed by atoms with Crippen molar-refractivity contribution in [3.05, 3.63) is 79.2 Å². The Hall–Kier alpha value is -2.88. The van der Waals surface area contributed by atoms with Gasteiger partial charge in [-0.25, -0.2) is 4.79 Å². The molecular weight excluding hydrogens is 544 g/mol. The fraction of sp³-hybridized carbons (Fsp3) is 0.357. The number of hydrogen-bond acceptors (Lipinski definition) is 7. The maximum Gasteiger partial charge on any atom is 0.338 e. The molecule has 2 aromatic carbocycles. The first-order valence-electron chi connectivity index (χ1n) is 12.7. The number of halogens is 1. The molecule has 0 unspecified atom stereocenters. The summed E-state index contributed by atoms with van der Waals surface area (Å²) in [4.78, 5) is 57.3. The summed E-state index contributed by atoms with van der Waals surface area (Å²) in [7, 11) is 0. The molecule has 7 nitrogen and oxygen atoms in total. The van der Waals surface area contributed by atoms with Gasteiger partial charge in [-0.1, -0.05) is 35.1 Å². The van der Waals surface area contributed by atoms with Crippen LogP contribution in [0.15, 0.2) is 58.4 Å². The average molecular weight is 567 g/mol. The minimum absolute atomic E-state index is 0.0331. The van der Waals surface area contributed by atoms with E-state index in [0.717, 1.165) is 21.9 Å². The van der Waals surface area contributed by atoms with Gasteiger partial charge >= 0.3 is 10.8 Å². The van der Waals surface area contributed by atoms with Crippen LogP contribution in [0.3, 0.4) is 0 Å². The number of aromatic amines is 1. The quantitative estimate of drug-likeness (QED) is 0.355. The van der Waals surface area contributed by atoms with Crippen LogP contribution in [-0.2, 0) is 14.3 Å². The number of aromatic nitrogens is 1. The molecule has 38 heavy (non-hydrogen) atoms. The van der Waals surface area contributed by atoms with Crippen molar-refractivity contribution >= 4 is 58.2 Å². The van der Waals surface area contributed by atoms with Crippen LogP contribution in [-0.4, -0.2) is 34.6 Å². The number of H-pyrrole nitrogens is 1. The number of hydrogen-bond donors (Lipinski definition) is 1. The third-order valence-corrected chi connectivity index (χ3v) is 11.4. The number of amides is 2. The first-order chi connectivity index (χ1) is 18.4. The predicted molar refractivity (Wildman–Crippen MR) is 145 cm³/mol. The molecule has 2 amide bonds. The van der Waals surface area contributed by atoms with E-state index in [0.29, 0.717) is 16.3 Å². The molecule has 10 heteroatoms. The third-order valence-electron chi connectivity index (χ3n) is 8.59. The largest absolute Gasteiger partial charge is 0.462 e. The minimum atomic E-state index is -0.437. The Morgan fingerprint density at radius 1 is 1.03 bits per heavy atom. The fourth-order valence-electron chi connectivity index (χ4n) is 7.28. The molecule has 1 N–H and O–H groups in total. The standard InChI is InChI=1S/C28H23ClN2O5S2/c1-2-36-27(34)13-5-9-15(10-6-13)31-25(32)20-16-11-17(21(20)26(31)33)22-19(16)18(12-3-7-14(29)8-4-12)23-24(37-22)30-28(35)38-23/h3-10,16-22H,2,11H2,1H3,(H,30,35)/t16-,17-,18-,19-,20+,21-,22+/m0/s1. The number of benzene rings is 2. The van der Waals surface area contributed by atoms with E-state index < -0.39 is 5.97 Å². The second-order valence-electron chi connectivity index (χ2n) is 10.3. The van der Waals surface area contributed by atoms with Crippen LogP contribution in [0.4, 0.5) is 5.69 Å². The van der Waals surface area contributed by atoms with Crippen molar-refractivity contribution in [1.82, 2.24) is 4.98 Å². The molecule has 3 heterocycles. The lowest BCUT2D eigenvalue weighted by Gasteiger charge is -2.43. The number of carbonyl (C=O) groups is 3. The first kappa shape index (κ1) is 24.2. The number of fused-ring (bicyclic) bond motifs is 9. The average Bonchev–Trinajstić information content (AvgIpc) is 3.64. The number of anilines is 1. The molecule has 4 aliphatic rings. The monoisotopic (exact) mass is 566 g/mol. The Bertz CT molecular complexity index is 1530. The Kier molecular flexibility index (Phi) is 5.62. The van der Waals surface area contributed by atoms with Gasteiger partial charge in [0.05, 0.1) is 34.7 Å². The van der Waals surface area contributed by atoms with Crippen LogP contribution >= 0.6 is 34.7 Å². The summed E-state index contributed by atoms with van der Waals surface area (Å²) < 4.78 is 5.05. The number of thiazole rings is 1. The summed E-state index contributed by atoms with van der Waals surface area (Å²) in [6.45, 7) is 2.01. The van der Waals surface area contributed by atoms with Crippen molar-refractivity contribution in [2.24, 2.45) is 29.6 Å². The second-order valence-corrected chi connectivity index (χ2v) is 12.9. The molecule has 2 aliphatic carbocycles. The number of thioether (sulfide) groups is 1. The highest BCUT2D eigenvalue weighted by atomic mass is 35.5. The highest BCUT2D eigenvalue weighted by Gasteiger charge is 2.69. The number of imide groups is 1. The molecule has 0 spiro atoms. The van der Waals surface area contributed by atoms with Gasteiger partial charge in [0.15, 0.2) is 0 Å². The molecule has 1 aromatic heterocycles. The van der Waals surface area contributed by atoms with Gasteiger partial charge < -0.3 is 9.72 Å². The van der Waals surface area contributed by atoms with Crippen LogP contribution in [0.1, 0.15) is 40.1 Å². The highest BCUT2D eigenvalue weighted by Crippen LogP contribution is 2.68. The van der Waals surface area contributed by atoms with Crippen LogP contribution in [0.2, 0.25) is 5.02 Å². The lowest BCUT2D eigenvalue weighted by atomic mass is 9.68. The van der Waals surface area contributed by atoms with Gasteiger partial charge in [0, 0.05) is 21.1 Å². The summed E-state index contributed by atoms with van der Waals surface area (Å²) in [5.74, 6) is -1.34. The van der Waals surface area contributed by atoms with Gasteiger partial charge in [-0.2, -0.15) is 0 Å². The zero-order valence-electron chi connectivity index (χ0n) is 20.3. The van der Waals surface area contributed by atoms with Crippen molar-refractivity contribution in [3.63, 3.8) is 0 Å². The molecular formula is C28H23ClN2O5S2. The van der Waals surface area contributed by atoms with E-state index in [1.54, 1.807) is 43.0 Å². The Morgan fingerprint density at radius 2 is 1.71 bits per heavy atom. The van der Waals surface area contributed by atoms with Crippen LogP contribution in [0, 0.1) is 29.6 Å². The molecule has 2 bridgehead atoms. The van der Waals surface area contributed by atoms with Gasteiger partial charge in [-0.15, -0.1) is 11.8 Å². The molecule has 194 valence electrons. The van der Waals surface area contributed by atoms with Crippen molar-refractivity contribution in [3.8, 4) is 0 Å². The number of ether oxygens (including phenoxy) is 1. The van der Waals surface area contributed by atoms with Gasteiger partial charge in [-0.3, -0.25) is 19.3 Å². The molecule has 3 fully saturated rings. The molecule has 1 saturated heterocycles. The van der Waals surface area contributed by atoms with Crippen molar-refractivity contribution < 1.29 is 19.1 Å². The normalized spacial score (nSPS) is 30.8. The van der Waals surface area contributed by atoms with Crippen LogP contribution in [0.5, 0.6) is 0 Å². The van der Waals surface area contributed by atoms with Crippen molar-refractivity contribution in [2.75, 3.05) is 11.5 Å². The molecule has 3 aromatic rings. The number of carbonyl (C=O) groups excluding carboxylic acids is 3. The SMILES string of the molecule is CCOC(=O)c1ccc(N2C(=O)[C@@H]3[C@H]4C[C@H]([C@H]5Sc6[nH]c(=O)sc6[C@@H](c6ccc(Cl)cc6)[C@H]45)[C@@H]3C2=O)cc1. The van der Waals surface area contributed by atoms with Gasteiger partial charge in [0.2, 0.25) is 11.8 Å². The summed E-state index contributed by atoms with van der Waals surface area (Å²) >= 11 is 9.09. The Labute approximate surface area is 231 Å². The van der Waals surface area contributed by atoms with Gasteiger partial charge in [-0.05, 0) is 73.1 Å². The van der Waals surface area contributed by atoms with E-state index in [1.807, 2.05) is 24.3 Å². The number of rotatable bonds is 4. The molecule has 7 atom stereocenters. The maximum atomic E-state index is 13.9. The summed E-state index contributed by atoms with van der Waals surface area (Å²) in [5.41, 5.74) is 1.94. The van der Waals surface area contributed by atoms with Crippen molar-refractivity contribution in [2.45, 2.75) is 29.5 Å². The van der Waals surface area contributed by atoms with Gasteiger partial charge in [0.25, 0.3) is 0 Å². The van der Waals surface area contributed by atoms with Crippen LogP contribution < -0.4 is 9.77 Å². The summed E-state index contributed by atoms with van der Waals surface area (Å²) in [5, 5.41) is 1.66. The van der Waals surface area contributed by atoms with E-state index >= 15 is 0 Å². The van der Waals surface area contributed by atoms with Crippen LogP contribution in [0.25, 0.3) is 0 Å². The lowest BCUT2D eigenvalue weighted by molar-refractivity contribution is -0.123. The number of esters is 1. The zero-order valence-corrected chi connectivity index (χ0v) is 22.6. The van der Waals surface area contributed by atoms with E-state index in [-0.39, 0.29) is 64.1 Å². The van der Waals surface area contributed by atoms with Crippen molar-refractivity contribution in [1.29, 1.82) is 0 Å². The third kappa shape index (κ3) is 3.41. The van der Waals surface area contributed by atoms with E-state index in [4.69, 9.17) is 16.3 Å². The predicted octanol–water partition coefficient (Wildman–Crippen LogP) is 4.94. The number of nitrogens with zero attached hydrogens (tertiary/aromatic N) is 1. The lowest BCUT2D eigenvalue weighted by Crippen LogP contribution is -2.42. The molecule has 7 rings (SSSR count).